The van der Waals surface area contributed by atoms with Gasteiger partial charge in [-0.1, -0.05) is 11.6 Å². The highest BCUT2D eigenvalue weighted by Gasteiger charge is 2.31. The lowest BCUT2D eigenvalue weighted by atomic mass is 9.85. The summed E-state index contributed by atoms with van der Waals surface area (Å²) in [5, 5.41) is 8.75. The van der Waals surface area contributed by atoms with Crippen LogP contribution in [0.2, 0.25) is 5.02 Å². The van der Waals surface area contributed by atoms with Crippen molar-refractivity contribution in [3.8, 4) is 0 Å². The maximum Gasteiger partial charge on any atom is 0.309 e. The Labute approximate surface area is 103 Å². The van der Waals surface area contributed by atoms with Gasteiger partial charge in [0, 0.05) is 5.56 Å². The Morgan fingerprint density at radius 2 is 1.94 bits per heavy atom. The third kappa shape index (κ3) is 2.75. The number of carboxylic acids is 1. The molecule has 0 aliphatic carbocycles. The van der Waals surface area contributed by atoms with Gasteiger partial charge in [0.1, 0.15) is 11.6 Å². The molecule has 17 heavy (non-hydrogen) atoms. The van der Waals surface area contributed by atoms with E-state index in [1.165, 1.54) is 26.8 Å². The molecular weight excluding hydrogens is 250 g/mol. The van der Waals surface area contributed by atoms with Gasteiger partial charge in [0.15, 0.2) is 0 Å². The van der Waals surface area contributed by atoms with Gasteiger partial charge in [-0.3, -0.25) is 4.79 Å². The second-order valence-corrected chi connectivity index (χ2v) is 5.05. The molecule has 0 saturated heterocycles. The number of hydrogen-bond donors (Lipinski definition) is 1. The zero-order chi connectivity index (χ0) is 13.4. The minimum absolute atomic E-state index is 0.194. The molecule has 1 aromatic carbocycles. The minimum Gasteiger partial charge on any atom is -0.481 e. The third-order valence-corrected chi connectivity index (χ3v) is 2.90. The first-order valence-electron chi connectivity index (χ1n) is 5.03. The maximum absolute atomic E-state index is 13.7. The van der Waals surface area contributed by atoms with E-state index in [9.17, 15) is 13.6 Å². The van der Waals surface area contributed by atoms with Crippen LogP contribution in [0, 0.1) is 24.0 Å². The Hall–Kier alpha value is -1.16. The van der Waals surface area contributed by atoms with E-state index in [1.54, 1.807) is 0 Å². The average molecular weight is 263 g/mol. The van der Waals surface area contributed by atoms with E-state index < -0.39 is 23.0 Å². The SMILES string of the molecule is Cc1cc(Cl)c(F)c(CC(C)(C)C(=O)O)c1F. The number of carbonyl (C=O) groups is 1. The molecule has 0 atom stereocenters. The van der Waals surface area contributed by atoms with Crippen molar-refractivity contribution < 1.29 is 18.7 Å². The fourth-order valence-corrected chi connectivity index (χ4v) is 1.75. The van der Waals surface area contributed by atoms with Gasteiger partial charge in [0.25, 0.3) is 0 Å². The van der Waals surface area contributed by atoms with Crippen LogP contribution >= 0.6 is 11.6 Å². The molecule has 0 amide bonds. The van der Waals surface area contributed by atoms with Crippen molar-refractivity contribution in [2.24, 2.45) is 5.41 Å². The number of halogens is 3. The fraction of sp³-hybridized carbons (Fsp3) is 0.417. The van der Waals surface area contributed by atoms with Gasteiger partial charge in [0.05, 0.1) is 10.4 Å². The molecule has 0 heterocycles. The summed E-state index contributed by atoms with van der Waals surface area (Å²) in [6.07, 6.45) is -0.249. The van der Waals surface area contributed by atoms with Crippen molar-refractivity contribution in [2.75, 3.05) is 0 Å². The summed E-state index contributed by atoms with van der Waals surface area (Å²) in [6.45, 7) is 4.27. The normalized spacial score (nSPS) is 11.6. The van der Waals surface area contributed by atoms with E-state index in [0.29, 0.717) is 0 Å². The first-order valence-corrected chi connectivity index (χ1v) is 5.41. The smallest absolute Gasteiger partial charge is 0.309 e. The van der Waals surface area contributed by atoms with Crippen LogP contribution < -0.4 is 0 Å². The molecule has 0 radical (unpaired) electrons. The van der Waals surface area contributed by atoms with E-state index in [4.69, 9.17) is 16.7 Å². The topological polar surface area (TPSA) is 37.3 Å². The van der Waals surface area contributed by atoms with E-state index in [1.807, 2.05) is 0 Å². The van der Waals surface area contributed by atoms with E-state index in [-0.39, 0.29) is 22.6 Å². The van der Waals surface area contributed by atoms with Gasteiger partial charge >= 0.3 is 5.97 Å². The van der Waals surface area contributed by atoms with Crippen LogP contribution in [0.3, 0.4) is 0 Å². The average Bonchev–Trinajstić information content (AvgIpc) is 2.21. The molecule has 1 rings (SSSR count). The van der Waals surface area contributed by atoms with Crippen LogP contribution in [-0.2, 0) is 11.2 Å². The van der Waals surface area contributed by atoms with Crippen molar-refractivity contribution in [3.63, 3.8) is 0 Å². The summed E-state index contributed by atoms with van der Waals surface area (Å²) in [7, 11) is 0. The van der Waals surface area contributed by atoms with Crippen molar-refractivity contribution >= 4 is 17.6 Å². The molecule has 0 saturated carbocycles. The van der Waals surface area contributed by atoms with Gasteiger partial charge in [-0.05, 0) is 38.8 Å². The molecule has 1 N–H and O–H groups in total. The van der Waals surface area contributed by atoms with E-state index >= 15 is 0 Å². The molecule has 0 spiro atoms. The van der Waals surface area contributed by atoms with Crippen LogP contribution in [0.1, 0.15) is 25.0 Å². The molecule has 1 aromatic rings. The number of rotatable bonds is 3. The van der Waals surface area contributed by atoms with Gasteiger partial charge in [-0.15, -0.1) is 0 Å². The summed E-state index contributed by atoms with van der Waals surface area (Å²) in [5.74, 6) is -2.74. The molecule has 2 nitrogen and oxygen atoms in total. The highest BCUT2D eigenvalue weighted by Crippen LogP contribution is 2.30. The Morgan fingerprint density at radius 1 is 1.41 bits per heavy atom. The van der Waals surface area contributed by atoms with Crippen molar-refractivity contribution in [1.29, 1.82) is 0 Å². The molecule has 0 aromatic heterocycles. The number of carboxylic acid groups (broad SMARTS) is 1. The van der Waals surface area contributed by atoms with Crippen LogP contribution in [-0.4, -0.2) is 11.1 Å². The van der Waals surface area contributed by atoms with E-state index in [0.717, 1.165) is 0 Å². The highest BCUT2D eigenvalue weighted by atomic mass is 35.5. The highest BCUT2D eigenvalue weighted by molar-refractivity contribution is 6.30. The first-order chi connectivity index (χ1) is 7.66. The molecule has 0 unspecified atom stereocenters. The second-order valence-electron chi connectivity index (χ2n) is 4.65. The molecule has 0 aliphatic heterocycles. The number of hydrogen-bond acceptors (Lipinski definition) is 1. The zero-order valence-corrected chi connectivity index (χ0v) is 10.5. The zero-order valence-electron chi connectivity index (χ0n) is 9.77. The lowest BCUT2D eigenvalue weighted by molar-refractivity contribution is -0.146. The Balaban J connectivity index is 3.28. The Kier molecular flexibility index (Phi) is 3.77. The van der Waals surface area contributed by atoms with E-state index in [2.05, 4.69) is 0 Å². The van der Waals surface area contributed by atoms with Crippen LogP contribution in [0.25, 0.3) is 0 Å². The number of aliphatic carboxylic acids is 1. The summed E-state index contributed by atoms with van der Waals surface area (Å²) in [4.78, 5) is 10.9. The predicted molar refractivity (Wildman–Crippen MR) is 61.2 cm³/mol. The minimum atomic E-state index is -1.25. The molecule has 0 bridgehead atoms. The third-order valence-electron chi connectivity index (χ3n) is 2.63. The Morgan fingerprint density at radius 3 is 2.41 bits per heavy atom. The predicted octanol–water partition coefficient (Wildman–Crippen LogP) is 3.58. The Bertz CT molecular complexity index is 444. The molecular formula is C12H13ClF2O2. The molecule has 94 valence electrons. The molecule has 5 heteroatoms. The first kappa shape index (κ1) is 13.9. The van der Waals surface area contributed by atoms with Gasteiger partial charge < -0.3 is 5.11 Å². The van der Waals surface area contributed by atoms with Crippen LogP contribution in [0.4, 0.5) is 8.78 Å². The van der Waals surface area contributed by atoms with Crippen molar-refractivity contribution in [2.45, 2.75) is 27.2 Å². The summed E-state index contributed by atoms with van der Waals surface area (Å²) in [5.41, 5.74) is -1.33. The largest absolute Gasteiger partial charge is 0.481 e. The number of benzene rings is 1. The monoisotopic (exact) mass is 262 g/mol. The molecule has 0 aliphatic rings. The lowest BCUT2D eigenvalue weighted by Crippen LogP contribution is -2.27. The van der Waals surface area contributed by atoms with Crippen LogP contribution in [0.5, 0.6) is 0 Å². The summed E-state index contributed by atoms with van der Waals surface area (Å²) in [6, 6.07) is 1.18. The van der Waals surface area contributed by atoms with Crippen LogP contribution in [0.15, 0.2) is 6.07 Å². The van der Waals surface area contributed by atoms with Gasteiger partial charge in [0.2, 0.25) is 0 Å². The standard InChI is InChI=1S/C12H13ClF2O2/c1-6-4-8(13)10(15)7(9(6)14)5-12(2,3)11(16)17/h4H,5H2,1-3H3,(H,16,17). The summed E-state index contributed by atoms with van der Waals surface area (Å²) >= 11 is 5.61. The van der Waals surface area contributed by atoms with Gasteiger partial charge in [-0.2, -0.15) is 0 Å². The van der Waals surface area contributed by atoms with Gasteiger partial charge in [-0.25, -0.2) is 8.78 Å². The quantitative estimate of drug-likeness (QED) is 0.846. The second kappa shape index (κ2) is 4.61. The fourth-order valence-electron chi connectivity index (χ4n) is 1.47. The van der Waals surface area contributed by atoms with Crippen molar-refractivity contribution in [3.05, 3.63) is 33.9 Å². The lowest BCUT2D eigenvalue weighted by Gasteiger charge is -2.20. The van der Waals surface area contributed by atoms with Crippen molar-refractivity contribution in [1.82, 2.24) is 0 Å². The molecule has 0 fully saturated rings. The maximum atomic E-state index is 13.7. The number of aryl methyl sites for hydroxylation is 1. The summed E-state index contributed by atoms with van der Waals surface area (Å²) < 4.78 is 27.4.